The quantitative estimate of drug-likeness (QED) is 0.335. The lowest BCUT2D eigenvalue weighted by atomic mass is 9.95. The monoisotopic (exact) mass is 591 g/mol. The Morgan fingerprint density at radius 3 is 2.70 bits per heavy atom. The number of phenolic OH excluding ortho intramolecular Hbond substituents is 1. The van der Waals surface area contributed by atoms with Gasteiger partial charge in [0.15, 0.2) is 17.4 Å². The van der Waals surface area contributed by atoms with Gasteiger partial charge in [0.1, 0.15) is 29.8 Å². The Balaban J connectivity index is 1.25. The van der Waals surface area contributed by atoms with Crippen LogP contribution in [0.5, 0.6) is 11.8 Å². The van der Waals surface area contributed by atoms with Crippen molar-refractivity contribution < 1.29 is 28.1 Å². The van der Waals surface area contributed by atoms with Gasteiger partial charge < -0.3 is 19.8 Å². The number of aliphatic hydroxyl groups excluding tert-OH is 1. The van der Waals surface area contributed by atoms with E-state index in [1.807, 2.05) is 0 Å². The molecule has 2 aromatic heterocycles. The van der Waals surface area contributed by atoms with Crippen molar-refractivity contribution in [3.05, 3.63) is 48.2 Å². The zero-order valence-electron chi connectivity index (χ0n) is 23.5. The standard InChI is InChI=1S/C32H32F3N5O3/c33-19-11-32(6-3-7-40(32)15-19)16-43-31-37-29-23(30(38-31)39-13-17-8-18(14-39)24(41)9-17)12-36-28(27(29)35)22-10-25(42)26(34)21-5-2-1-4-20(21)22/h1-2,4-5,10,12,17-19,24,41-42H,3,6-9,11,13-16H2/t17-,18-,19-,24-,32+/m1/s1. The first-order valence-electron chi connectivity index (χ1n) is 15.0. The predicted molar refractivity (Wildman–Crippen MR) is 155 cm³/mol. The minimum atomic E-state index is -0.916. The number of hydrogen-bond donors (Lipinski definition) is 2. The Labute approximate surface area is 246 Å². The average molecular weight is 592 g/mol. The molecule has 11 heteroatoms. The summed E-state index contributed by atoms with van der Waals surface area (Å²) in [6, 6.07) is 7.70. The number of nitrogens with zero attached hydrogens (tertiary/aromatic N) is 5. The van der Waals surface area contributed by atoms with Crippen LogP contribution in [0.3, 0.4) is 0 Å². The number of alkyl halides is 1. The van der Waals surface area contributed by atoms with E-state index in [9.17, 15) is 19.0 Å². The molecule has 43 heavy (non-hydrogen) atoms. The molecule has 2 N–H and O–H groups in total. The minimum Gasteiger partial charge on any atom is -0.505 e. The minimum absolute atomic E-state index is 0.00707. The van der Waals surface area contributed by atoms with Crippen molar-refractivity contribution in [1.82, 2.24) is 19.9 Å². The van der Waals surface area contributed by atoms with Crippen LogP contribution in [0.15, 0.2) is 36.5 Å². The lowest BCUT2D eigenvalue weighted by Gasteiger charge is -2.34. The SMILES string of the molecule is Oc1cc(-c2ncc3c(N4C[C@@H]5C[C@H](C4)[C@H](O)C5)nc(OC[C@@]45CCCN4C[C@H](F)C5)nc3c2F)c2ccccc2c1F. The lowest BCUT2D eigenvalue weighted by Crippen LogP contribution is -2.43. The number of anilines is 1. The molecule has 4 fully saturated rings. The van der Waals surface area contributed by atoms with Gasteiger partial charge in [-0.25, -0.2) is 13.2 Å². The molecule has 8 nitrogen and oxygen atoms in total. The number of aromatic hydroxyl groups is 1. The molecule has 3 saturated heterocycles. The first-order valence-corrected chi connectivity index (χ1v) is 15.0. The Morgan fingerprint density at radius 2 is 1.86 bits per heavy atom. The number of piperidine rings is 1. The summed E-state index contributed by atoms with van der Waals surface area (Å²) >= 11 is 0. The molecule has 2 bridgehead atoms. The summed E-state index contributed by atoms with van der Waals surface area (Å²) in [5.41, 5.74) is -0.290. The number of ether oxygens (including phenoxy) is 1. The number of benzene rings is 2. The summed E-state index contributed by atoms with van der Waals surface area (Å²) in [5, 5.41) is 21.8. The molecule has 5 atom stereocenters. The van der Waals surface area contributed by atoms with E-state index >= 15 is 4.39 Å². The Kier molecular flexibility index (Phi) is 6.20. The summed E-state index contributed by atoms with van der Waals surface area (Å²) < 4.78 is 51.9. The maximum Gasteiger partial charge on any atom is 0.319 e. The highest BCUT2D eigenvalue weighted by Crippen LogP contribution is 2.43. The van der Waals surface area contributed by atoms with Gasteiger partial charge >= 0.3 is 6.01 Å². The lowest BCUT2D eigenvalue weighted by molar-refractivity contribution is 0.107. The second-order valence-electron chi connectivity index (χ2n) is 12.7. The fourth-order valence-corrected chi connectivity index (χ4v) is 8.09. The molecule has 0 radical (unpaired) electrons. The summed E-state index contributed by atoms with van der Waals surface area (Å²) in [6.45, 7) is 2.60. The van der Waals surface area contributed by atoms with Crippen LogP contribution in [0.2, 0.25) is 0 Å². The molecule has 1 aliphatic carbocycles. The van der Waals surface area contributed by atoms with Gasteiger partial charge in [-0.1, -0.05) is 24.3 Å². The Morgan fingerprint density at radius 1 is 1.02 bits per heavy atom. The van der Waals surface area contributed by atoms with Gasteiger partial charge in [0.05, 0.1) is 17.0 Å². The molecule has 0 spiro atoms. The fraction of sp³-hybridized carbons (Fsp3) is 0.469. The highest BCUT2D eigenvalue weighted by Gasteiger charge is 2.49. The second-order valence-corrected chi connectivity index (χ2v) is 12.7. The van der Waals surface area contributed by atoms with Crippen molar-refractivity contribution in [2.24, 2.45) is 11.8 Å². The van der Waals surface area contributed by atoms with Crippen molar-refractivity contribution in [3.8, 4) is 23.0 Å². The van der Waals surface area contributed by atoms with E-state index in [1.54, 1.807) is 18.2 Å². The van der Waals surface area contributed by atoms with Crippen LogP contribution in [0.25, 0.3) is 32.9 Å². The van der Waals surface area contributed by atoms with Gasteiger partial charge in [-0.15, -0.1) is 0 Å². The molecule has 0 unspecified atom stereocenters. The highest BCUT2D eigenvalue weighted by atomic mass is 19.1. The third-order valence-electron chi connectivity index (χ3n) is 10.1. The molecule has 224 valence electrons. The number of hydrogen-bond acceptors (Lipinski definition) is 8. The molecular formula is C32H32F3N5O3. The zero-order valence-corrected chi connectivity index (χ0v) is 23.5. The van der Waals surface area contributed by atoms with E-state index in [4.69, 9.17) is 9.72 Å². The first-order chi connectivity index (χ1) is 20.8. The van der Waals surface area contributed by atoms with Crippen LogP contribution in [0.1, 0.15) is 32.1 Å². The summed E-state index contributed by atoms with van der Waals surface area (Å²) in [5.74, 6) is -1.28. The smallest absolute Gasteiger partial charge is 0.319 e. The molecule has 3 aliphatic heterocycles. The molecule has 8 rings (SSSR count). The molecule has 4 aromatic rings. The van der Waals surface area contributed by atoms with Crippen molar-refractivity contribution in [2.75, 3.05) is 37.7 Å². The van der Waals surface area contributed by atoms with Crippen molar-refractivity contribution in [2.45, 2.75) is 49.9 Å². The number of aliphatic hydroxyl groups is 1. The highest BCUT2D eigenvalue weighted by molar-refractivity contribution is 6.00. The molecule has 0 amide bonds. The maximum absolute atomic E-state index is 16.6. The number of halogens is 3. The number of rotatable bonds is 5. The topological polar surface area (TPSA) is 94.8 Å². The molecule has 5 heterocycles. The molecule has 2 aromatic carbocycles. The van der Waals surface area contributed by atoms with E-state index in [-0.39, 0.29) is 46.8 Å². The van der Waals surface area contributed by atoms with Crippen LogP contribution >= 0.6 is 0 Å². The predicted octanol–water partition coefficient (Wildman–Crippen LogP) is 4.99. The van der Waals surface area contributed by atoms with Crippen LogP contribution in [0, 0.1) is 23.5 Å². The van der Waals surface area contributed by atoms with Gasteiger partial charge in [-0.05, 0) is 49.6 Å². The van der Waals surface area contributed by atoms with Crippen LogP contribution < -0.4 is 9.64 Å². The van der Waals surface area contributed by atoms with Crippen molar-refractivity contribution in [1.29, 1.82) is 0 Å². The number of pyridine rings is 1. The third-order valence-corrected chi connectivity index (χ3v) is 10.1. The van der Waals surface area contributed by atoms with E-state index in [0.717, 1.165) is 25.8 Å². The zero-order chi connectivity index (χ0) is 29.5. The van der Waals surface area contributed by atoms with Gasteiger partial charge in [0.2, 0.25) is 0 Å². The van der Waals surface area contributed by atoms with E-state index in [0.29, 0.717) is 55.0 Å². The molecule has 1 saturated carbocycles. The van der Waals surface area contributed by atoms with E-state index in [2.05, 4.69) is 19.8 Å². The van der Waals surface area contributed by atoms with Crippen LogP contribution in [-0.4, -0.2) is 80.7 Å². The summed E-state index contributed by atoms with van der Waals surface area (Å²) in [7, 11) is 0. The largest absolute Gasteiger partial charge is 0.505 e. The van der Waals surface area contributed by atoms with E-state index in [1.165, 1.54) is 18.3 Å². The maximum atomic E-state index is 16.6. The normalized spacial score (nSPS) is 28.7. The van der Waals surface area contributed by atoms with Crippen LogP contribution in [-0.2, 0) is 0 Å². The summed E-state index contributed by atoms with van der Waals surface area (Å²) in [4.78, 5) is 17.9. The average Bonchev–Trinajstić information content (AvgIpc) is 3.62. The fourth-order valence-electron chi connectivity index (χ4n) is 8.09. The first kappa shape index (κ1) is 26.9. The number of aromatic nitrogens is 3. The van der Waals surface area contributed by atoms with Crippen molar-refractivity contribution in [3.63, 3.8) is 0 Å². The van der Waals surface area contributed by atoms with Gasteiger partial charge in [0, 0.05) is 49.1 Å². The van der Waals surface area contributed by atoms with Gasteiger partial charge in [-0.2, -0.15) is 9.97 Å². The Bertz CT molecular complexity index is 1760. The van der Waals surface area contributed by atoms with Gasteiger partial charge in [-0.3, -0.25) is 9.88 Å². The molecular weight excluding hydrogens is 559 g/mol. The van der Waals surface area contributed by atoms with Gasteiger partial charge in [0.25, 0.3) is 0 Å². The number of fused-ring (bicyclic) bond motifs is 5. The number of phenols is 1. The van der Waals surface area contributed by atoms with Crippen LogP contribution in [0.4, 0.5) is 19.0 Å². The van der Waals surface area contributed by atoms with E-state index < -0.39 is 29.1 Å². The second kappa shape index (κ2) is 9.92. The Hall–Kier alpha value is -3.70. The molecule has 4 aliphatic rings. The van der Waals surface area contributed by atoms with Crippen molar-refractivity contribution >= 4 is 27.5 Å². The third kappa shape index (κ3) is 4.30. The summed E-state index contributed by atoms with van der Waals surface area (Å²) in [6.07, 6.45) is 4.01.